The SMILES string of the molecule is COc1cc(C)c(/C=C/C(=O)NN2CCN(C)CC2)c(C)c1. The molecule has 0 aromatic heterocycles. The lowest BCUT2D eigenvalue weighted by atomic mass is 10.0. The molecule has 1 N–H and O–H groups in total. The van der Waals surface area contributed by atoms with E-state index in [9.17, 15) is 4.79 Å². The van der Waals surface area contributed by atoms with Crippen molar-refractivity contribution < 1.29 is 9.53 Å². The van der Waals surface area contributed by atoms with Gasteiger partial charge in [0, 0.05) is 32.3 Å². The zero-order chi connectivity index (χ0) is 16.1. The number of benzene rings is 1. The first-order chi connectivity index (χ1) is 10.5. The molecule has 0 radical (unpaired) electrons. The lowest BCUT2D eigenvalue weighted by Gasteiger charge is -2.31. The fourth-order valence-corrected chi connectivity index (χ4v) is 2.59. The minimum absolute atomic E-state index is 0.0841. The molecule has 1 amide bonds. The molecule has 1 heterocycles. The molecular formula is C17H25N3O2. The van der Waals surface area contributed by atoms with Crippen molar-refractivity contribution in [2.45, 2.75) is 13.8 Å². The fourth-order valence-electron chi connectivity index (χ4n) is 2.59. The van der Waals surface area contributed by atoms with E-state index >= 15 is 0 Å². The Morgan fingerprint density at radius 1 is 1.18 bits per heavy atom. The largest absolute Gasteiger partial charge is 0.497 e. The number of aryl methyl sites for hydroxylation is 2. The third-order valence-electron chi connectivity index (χ3n) is 3.98. The lowest BCUT2D eigenvalue weighted by Crippen LogP contribution is -2.52. The molecule has 1 aliphatic rings. The summed E-state index contributed by atoms with van der Waals surface area (Å²) >= 11 is 0. The normalized spacial score (nSPS) is 16.9. The number of likely N-dealkylation sites (N-methyl/N-ethyl adjacent to an activating group) is 1. The molecule has 1 aromatic carbocycles. The first kappa shape index (κ1) is 16.5. The smallest absolute Gasteiger partial charge is 0.258 e. The van der Waals surface area contributed by atoms with Gasteiger partial charge in [-0.3, -0.25) is 10.2 Å². The summed E-state index contributed by atoms with van der Waals surface area (Å²) < 4.78 is 5.25. The van der Waals surface area contributed by atoms with Crippen molar-refractivity contribution in [2.24, 2.45) is 0 Å². The monoisotopic (exact) mass is 303 g/mol. The highest BCUT2D eigenvalue weighted by Gasteiger charge is 2.14. The number of hydrogen-bond acceptors (Lipinski definition) is 4. The predicted molar refractivity (Wildman–Crippen MR) is 88.7 cm³/mol. The van der Waals surface area contributed by atoms with Crippen LogP contribution in [0.1, 0.15) is 16.7 Å². The van der Waals surface area contributed by atoms with Gasteiger partial charge in [0.25, 0.3) is 5.91 Å². The van der Waals surface area contributed by atoms with E-state index in [4.69, 9.17) is 4.74 Å². The average Bonchev–Trinajstić information content (AvgIpc) is 2.48. The van der Waals surface area contributed by atoms with E-state index in [1.54, 1.807) is 13.2 Å². The number of ether oxygens (including phenoxy) is 1. The van der Waals surface area contributed by atoms with Crippen LogP contribution < -0.4 is 10.2 Å². The number of carbonyl (C=O) groups excluding carboxylic acids is 1. The molecule has 0 saturated carbocycles. The molecule has 1 aromatic rings. The maximum Gasteiger partial charge on any atom is 0.258 e. The second-order valence-electron chi connectivity index (χ2n) is 5.77. The molecule has 22 heavy (non-hydrogen) atoms. The van der Waals surface area contributed by atoms with Gasteiger partial charge in [-0.25, -0.2) is 5.01 Å². The minimum Gasteiger partial charge on any atom is -0.497 e. The molecule has 1 fully saturated rings. The molecule has 1 saturated heterocycles. The molecule has 1 aliphatic heterocycles. The number of methoxy groups -OCH3 is 1. The highest BCUT2D eigenvalue weighted by molar-refractivity contribution is 5.91. The van der Waals surface area contributed by atoms with Crippen molar-refractivity contribution in [2.75, 3.05) is 40.3 Å². The third-order valence-corrected chi connectivity index (χ3v) is 3.98. The minimum atomic E-state index is -0.0841. The van der Waals surface area contributed by atoms with Gasteiger partial charge in [0.2, 0.25) is 0 Å². The van der Waals surface area contributed by atoms with Gasteiger partial charge < -0.3 is 9.64 Å². The van der Waals surface area contributed by atoms with Crippen molar-refractivity contribution in [3.8, 4) is 5.75 Å². The number of carbonyl (C=O) groups is 1. The standard InChI is InChI=1S/C17H25N3O2/c1-13-11-15(22-4)12-14(2)16(13)5-6-17(21)18-20-9-7-19(3)8-10-20/h5-6,11-12H,7-10H2,1-4H3,(H,18,21)/b6-5+. The summed E-state index contributed by atoms with van der Waals surface area (Å²) in [6, 6.07) is 3.95. The van der Waals surface area contributed by atoms with Crippen LogP contribution in [-0.4, -0.2) is 56.2 Å². The highest BCUT2D eigenvalue weighted by atomic mass is 16.5. The predicted octanol–water partition coefficient (Wildman–Crippen LogP) is 1.60. The summed E-state index contributed by atoms with van der Waals surface area (Å²) in [5.41, 5.74) is 6.19. The van der Waals surface area contributed by atoms with Crippen LogP contribution in [0.2, 0.25) is 0 Å². The molecule has 120 valence electrons. The highest BCUT2D eigenvalue weighted by Crippen LogP contribution is 2.22. The van der Waals surface area contributed by atoms with Crippen LogP contribution >= 0.6 is 0 Å². The molecule has 0 bridgehead atoms. The molecule has 2 rings (SSSR count). The summed E-state index contributed by atoms with van der Waals surface area (Å²) in [6.07, 6.45) is 3.47. The van der Waals surface area contributed by atoms with Crippen molar-refractivity contribution in [3.05, 3.63) is 34.9 Å². The molecule has 5 heteroatoms. The Morgan fingerprint density at radius 3 is 2.32 bits per heavy atom. The van der Waals surface area contributed by atoms with Gasteiger partial charge in [-0.05, 0) is 55.8 Å². The van der Waals surface area contributed by atoms with Gasteiger partial charge in [0.15, 0.2) is 0 Å². The molecule has 0 spiro atoms. The Bertz CT molecular complexity index is 538. The van der Waals surface area contributed by atoms with Gasteiger partial charge in [0.1, 0.15) is 5.75 Å². The van der Waals surface area contributed by atoms with Gasteiger partial charge in [-0.2, -0.15) is 0 Å². The first-order valence-corrected chi connectivity index (χ1v) is 7.57. The lowest BCUT2D eigenvalue weighted by molar-refractivity contribution is -0.121. The van der Waals surface area contributed by atoms with Crippen LogP contribution in [0.15, 0.2) is 18.2 Å². The summed E-state index contributed by atoms with van der Waals surface area (Å²) in [5, 5.41) is 1.97. The number of hydrogen-bond donors (Lipinski definition) is 1. The Balaban J connectivity index is 1.98. The third kappa shape index (κ3) is 4.32. The number of nitrogens with one attached hydrogen (secondary N) is 1. The topological polar surface area (TPSA) is 44.8 Å². The molecule has 5 nitrogen and oxygen atoms in total. The molecule has 0 unspecified atom stereocenters. The van der Waals surface area contributed by atoms with Crippen LogP contribution in [0.3, 0.4) is 0 Å². The molecule has 0 aliphatic carbocycles. The number of rotatable bonds is 4. The maximum atomic E-state index is 12.0. The van der Waals surface area contributed by atoms with Gasteiger partial charge in [0.05, 0.1) is 7.11 Å². The van der Waals surface area contributed by atoms with Crippen molar-refractivity contribution in [1.82, 2.24) is 15.3 Å². The van der Waals surface area contributed by atoms with Crippen molar-refractivity contribution >= 4 is 12.0 Å². The van der Waals surface area contributed by atoms with Gasteiger partial charge in [-0.1, -0.05) is 0 Å². The molecular weight excluding hydrogens is 278 g/mol. The first-order valence-electron chi connectivity index (χ1n) is 7.57. The quantitative estimate of drug-likeness (QED) is 0.858. The van der Waals surface area contributed by atoms with E-state index in [1.807, 2.05) is 37.1 Å². The van der Waals surface area contributed by atoms with E-state index in [0.29, 0.717) is 0 Å². The fraction of sp³-hybridized carbons (Fsp3) is 0.471. The Hall–Kier alpha value is -1.85. The second-order valence-corrected chi connectivity index (χ2v) is 5.77. The summed E-state index contributed by atoms with van der Waals surface area (Å²) in [5.74, 6) is 0.758. The zero-order valence-electron chi connectivity index (χ0n) is 13.8. The number of hydrazine groups is 1. The van der Waals surface area contributed by atoms with Crippen molar-refractivity contribution in [1.29, 1.82) is 0 Å². The maximum absolute atomic E-state index is 12.0. The van der Waals surface area contributed by atoms with Crippen LogP contribution in [0.5, 0.6) is 5.75 Å². The zero-order valence-corrected chi connectivity index (χ0v) is 13.8. The Morgan fingerprint density at radius 2 is 1.77 bits per heavy atom. The Kier molecular flexibility index (Phi) is 5.57. The van der Waals surface area contributed by atoms with Crippen LogP contribution in [0, 0.1) is 13.8 Å². The molecule has 0 atom stereocenters. The van der Waals surface area contributed by atoms with Crippen molar-refractivity contribution in [3.63, 3.8) is 0 Å². The Labute approximate surface area is 132 Å². The van der Waals surface area contributed by atoms with E-state index in [-0.39, 0.29) is 5.91 Å². The van der Waals surface area contributed by atoms with E-state index in [0.717, 1.165) is 48.6 Å². The van der Waals surface area contributed by atoms with E-state index < -0.39 is 0 Å². The van der Waals surface area contributed by atoms with Crippen LogP contribution in [-0.2, 0) is 4.79 Å². The van der Waals surface area contributed by atoms with E-state index in [1.165, 1.54) is 0 Å². The van der Waals surface area contributed by atoms with Gasteiger partial charge in [-0.15, -0.1) is 0 Å². The summed E-state index contributed by atoms with van der Waals surface area (Å²) in [6.45, 7) is 7.70. The van der Waals surface area contributed by atoms with Crippen LogP contribution in [0.25, 0.3) is 6.08 Å². The average molecular weight is 303 g/mol. The van der Waals surface area contributed by atoms with Crippen LogP contribution in [0.4, 0.5) is 0 Å². The van der Waals surface area contributed by atoms with Gasteiger partial charge >= 0.3 is 0 Å². The van der Waals surface area contributed by atoms with E-state index in [2.05, 4.69) is 17.4 Å². The second kappa shape index (κ2) is 7.42. The number of nitrogens with zero attached hydrogens (tertiary/aromatic N) is 2. The number of piperazine rings is 1. The summed E-state index contributed by atoms with van der Waals surface area (Å²) in [7, 11) is 3.75. The summed E-state index contributed by atoms with van der Waals surface area (Å²) in [4.78, 5) is 14.3. The number of amides is 1.